The summed E-state index contributed by atoms with van der Waals surface area (Å²) in [7, 11) is 1.52. The Morgan fingerprint density at radius 2 is 1.83 bits per heavy atom. The molecule has 9 nitrogen and oxygen atoms in total. The molecule has 1 aliphatic rings. The molecule has 2 N–H and O–H groups in total. The lowest BCUT2D eigenvalue weighted by molar-refractivity contribution is -0.137. The number of aromatic nitrogens is 1. The number of oxazole rings is 1. The Morgan fingerprint density at radius 3 is 2.50 bits per heavy atom. The molecule has 3 aromatic rings. The molecule has 0 aliphatic carbocycles. The highest BCUT2D eigenvalue weighted by Gasteiger charge is 2.29. The summed E-state index contributed by atoms with van der Waals surface area (Å²) in [6.07, 6.45) is 2.91. The molecule has 36 heavy (non-hydrogen) atoms. The first-order valence-corrected chi connectivity index (χ1v) is 12.0. The molecule has 0 spiro atoms. The minimum absolute atomic E-state index is 0.445. The standard InChI is InChI=1S/C27H33N5O4/c1-19-7-5-6-8-22(19)32-13-11-31(12-14-32)17-27(2,3)30-26(34)25(33)29-20-9-10-21(23(15-20)35-4)24-16-28-18-36-24/h5-10,15-16,18H,11-14,17H2,1-4H3,(H,29,33)(H,30,34). The summed E-state index contributed by atoms with van der Waals surface area (Å²) in [5.74, 6) is -0.377. The van der Waals surface area contributed by atoms with Crippen molar-refractivity contribution in [1.29, 1.82) is 0 Å². The fourth-order valence-corrected chi connectivity index (χ4v) is 4.54. The number of nitrogens with zero attached hydrogens (tertiary/aromatic N) is 3. The van der Waals surface area contributed by atoms with Gasteiger partial charge in [0, 0.05) is 55.7 Å². The van der Waals surface area contributed by atoms with Crippen molar-refractivity contribution in [2.75, 3.05) is 50.1 Å². The third-order valence-corrected chi connectivity index (χ3v) is 6.26. The second-order valence-corrected chi connectivity index (χ2v) is 9.62. The summed E-state index contributed by atoms with van der Waals surface area (Å²) < 4.78 is 10.7. The monoisotopic (exact) mass is 491 g/mol. The fraction of sp³-hybridized carbons (Fsp3) is 0.370. The van der Waals surface area contributed by atoms with E-state index in [4.69, 9.17) is 9.15 Å². The van der Waals surface area contributed by atoms with Gasteiger partial charge in [0.15, 0.2) is 12.2 Å². The molecule has 2 amide bonds. The van der Waals surface area contributed by atoms with Gasteiger partial charge in [-0.25, -0.2) is 4.98 Å². The molecule has 0 saturated carbocycles. The third kappa shape index (κ3) is 6.04. The number of rotatable bonds is 7. The van der Waals surface area contributed by atoms with Crippen LogP contribution in [0.25, 0.3) is 11.3 Å². The lowest BCUT2D eigenvalue weighted by atomic mass is 10.0. The number of nitrogens with one attached hydrogen (secondary N) is 2. The van der Waals surface area contributed by atoms with Gasteiger partial charge in [-0.1, -0.05) is 18.2 Å². The molecular formula is C27H33N5O4. The van der Waals surface area contributed by atoms with Crippen molar-refractivity contribution in [3.8, 4) is 17.1 Å². The number of hydrogen-bond donors (Lipinski definition) is 2. The molecule has 1 fully saturated rings. The number of benzene rings is 2. The van der Waals surface area contributed by atoms with Gasteiger partial charge < -0.3 is 24.7 Å². The van der Waals surface area contributed by atoms with Crippen molar-refractivity contribution < 1.29 is 18.7 Å². The van der Waals surface area contributed by atoms with Gasteiger partial charge in [-0.2, -0.15) is 0 Å². The highest BCUT2D eigenvalue weighted by Crippen LogP contribution is 2.32. The van der Waals surface area contributed by atoms with Crippen molar-refractivity contribution in [2.24, 2.45) is 0 Å². The van der Waals surface area contributed by atoms with Gasteiger partial charge in [-0.3, -0.25) is 14.5 Å². The van der Waals surface area contributed by atoms with E-state index in [1.165, 1.54) is 24.8 Å². The van der Waals surface area contributed by atoms with Crippen LogP contribution in [0.5, 0.6) is 5.75 Å². The molecule has 9 heteroatoms. The van der Waals surface area contributed by atoms with Crippen LogP contribution in [-0.4, -0.2) is 67.1 Å². The number of carbonyl (C=O) groups is 2. The largest absolute Gasteiger partial charge is 0.496 e. The van der Waals surface area contributed by atoms with E-state index < -0.39 is 17.4 Å². The van der Waals surface area contributed by atoms with Gasteiger partial charge in [-0.15, -0.1) is 0 Å². The molecule has 0 unspecified atom stereocenters. The number of methoxy groups -OCH3 is 1. The molecule has 2 aromatic carbocycles. The van der Waals surface area contributed by atoms with E-state index in [0.717, 1.165) is 26.2 Å². The van der Waals surface area contributed by atoms with Crippen LogP contribution in [0.15, 0.2) is 59.5 Å². The second kappa shape index (κ2) is 10.8. The van der Waals surface area contributed by atoms with Gasteiger partial charge in [0.25, 0.3) is 0 Å². The van der Waals surface area contributed by atoms with Crippen LogP contribution in [0.3, 0.4) is 0 Å². The fourth-order valence-electron chi connectivity index (χ4n) is 4.54. The quantitative estimate of drug-likeness (QED) is 0.489. The summed E-state index contributed by atoms with van der Waals surface area (Å²) in [6.45, 7) is 10.2. The third-order valence-electron chi connectivity index (χ3n) is 6.26. The Morgan fingerprint density at radius 1 is 1.08 bits per heavy atom. The Bertz CT molecular complexity index is 1200. The summed E-state index contributed by atoms with van der Waals surface area (Å²) in [5.41, 5.74) is 3.11. The molecule has 1 saturated heterocycles. The van der Waals surface area contributed by atoms with E-state index in [1.807, 2.05) is 13.8 Å². The molecular weight excluding hydrogens is 458 g/mol. The smallest absolute Gasteiger partial charge is 0.313 e. The Labute approximate surface area is 211 Å². The van der Waals surface area contributed by atoms with Gasteiger partial charge in [0.05, 0.1) is 18.9 Å². The first-order valence-electron chi connectivity index (χ1n) is 12.0. The Kier molecular flexibility index (Phi) is 7.59. The second-order valence-electron chi connectivity index (χ2n) is 9.62. The van der Waals surface area contributed by atoms with Crippen LogP contribution in [0.4, 0.5) is 11.4 Å². The van der Waals surface area contributed by atoms with Crippen molar-refractivity contribution >= 4 is 23.2 Å². The maximum absolute atomic E-state index is 12.7. The molecule has 1 aliphatic heterocycles. The Hall–Kier alpha value is -3.85. The first kappa shape index (κ1) is 25.2. The van der Waals surface area contributed by atoms with Crippen molar-refractivity contribution in [1.82, 2.24) is 15.2 Å². The SMILES string of the molecule is COc1cc(NC(=O)C(=O)NC(C)(C)CN2CCN(c3ccccc3C)CC2)ccc1-c1cnco1. The zero-order valence-electron chi connectivity index (χ0n) is 21.2. The van der Waals surface area contributed by atoms with Crippen molar-refractivity contribution in [2.45, 2.75) is 26.3 Å². The molecule has 0 atom stereocenters. The number of hydrogen-bond acceptors (Lipinski definition) is 7. The van der Waals surface area contributed by atoms with Crippen molar-refractivity contribution in [3.05, 3.63) is 60.6 Å². The number of anilines is 2. The maximum Gasteiger partial charge on any atom is 0.313 e. The first-order chi connectivity index (χ1) is 17.3. The predicted octanol–water partition coefficient (Wildman–Crippen LogP) is 3.31. The molecule has 190 valence electrons. The van der Waals surface area contributed by atoms with Crippen LogP contribution < -0.4 is 20.3 Å². The highest BCUT2D eigenvalue weighted by molar-refractivity contribution is 6.39. The molecule has 4 rings (SSSR count). The number of ether oxygens (including phenoxy) is 1. The normalized spacial score (nSPS) is 14.4. The average molecular weight is 492 g/mol. The van der Waals surface area contributed by atoms with Gasteiger partial charge in [0.1, 0.15) is 5.75 Å². The zero-order chi connectivity index (χ0) is 25.7. The lowest BCUT2D eigenvalue weighted by Gasteiger charge is -2.40. The number of piperazine rings is 1. The summed E-state index contributed by atoms with van der Waals surface area (Å²) in [5, 5.41) is 5.52. The van der Waals surface area contributed by atoms with Crippen LogP contribution in [-0.2, 0) is 9.59 Å². The van der Waals surface area contributed by atoms with Crippen LogP contribution in [0.1, 0.15) is 19.4 Å². The van der Waals surface area contributed by atoms with Gasteiger partial charge in [0.2, 0.25) is 0 Å². The minimum atomic E-state index is -0.734. The average Bonchev–Trinajstić information content (AvgIpc) is 3.39. The number of para-hydroxylation sites is 1. The number of amides is 2. The molecule has 2 heterocycles. The van der Waals surface area contributed by atoms with E-state index in [1.54, 1.807) is 24.4 Å². The highest BCUT2D eigenvalue weighted by atomic mass is 16.5. The number of carbonyl (C=O) groups excluding carboxylic acids is 2. The van der Waals surface area contributed by atoms with E-state index in [9.17, 15) is 9.59 Å². The maximum atomic E-state index is 12.7. The summed E-state index contributed by atoms with van der Waals surface area (Å²) >= 11 is 0. The van der Waals surface area contributed by atoms with Crippen LogP contribution in [0, 0.1) is 6.92 Å². The van der Waals surface area contributed by atoms with Gasteiger partial charge in [-0.05, 0) is 44.5 Å². The summed E-state index contributed by atoms with van der Waals surface area (Å²) in [6, 6.07) is 13.5. The molecule has 0 radical (unpaired) electrons. The van der Waals surface area contributed by atoms with Crippen molar-refractivity contribution in [3.63, 3.8) is 0 Å². The Balaban J connectivity index is 1.30. The summed E-state index contributed by atoms with van der Waals surface area (Å²) in [4.78, 5) is 33.9. The molecule has 1 aromatic heterocycles. The van der Waals surface area contributed by atoms with E-state index in [2.05, 4.69) is 56.6 Å². The zero-order valence-corrected chi connectivity index (χ0v) is 21.2. The van der Waals surface area contributed by atoms with E-state index >= 15 is 0 Å². The topological polar surface area (TPSA) is 99.9 Å². The van der Waals surface area contributed by atoms with Crippen LogP contribution in [0.2, 0.25) is 0 Å². The van der Waals surface area contributed by atoms with Crippen LogP contribution >= 0.6 is 0 Å². The predicted molar refractivity (Wildman–Crippen MR) is 139 cm³/mol. The number of aryl methyl sites for hydroxylation is 1. The lowest BCUT2D eigenvalue weighted by Crippen LogP contribution is -2.57. The molecule has 0 bridgehead atoms. The van der Waals surface area contributed by atoms with Gasteiger partial charge >= 0.3 is 11.8 Å². The van der Waals surface area contributed by atoms with E-state index in [-0.39, 0.29) is 0 Å². The minimum Gasteiger partial charge on any atom is -0.496 e. The van der Waals surface area contributed by atoms with E-state index in [0.29, 0.717) is 29.3 Å².